The topological polar surface area (TPSA) is 43.1 Å². The van der Waals surface area contributed by atoms with Gasteiger partial charge in [0.25, 0.3) is 5.91 Å². The van der Waals surface area contributed by atoms with Crippen LogP contribution in [0.25, 0.3) is 10.1 Å². The van der Waals surface area contributed by atoms with Crippen LogP contribution < -0.4 is 5.73 Å². The number of fused-ring (bicyclic) bond motifs is 1. The lowest BCUT2D eigenvalue weighted by atomic mass is 10.2. The van der Waals surface area contributed by atoms with Gasteiger partial charge in [-0.25, -0.2) is 0 Å². The van der Waals surface area contributed by atoms with Gasteiger partial charge in [-0.05, 0) is 12.1 Å². The molecule has 0 atom stereocenters. The van der Waals surface area contributed by atoms with Crippen molar-refractivity contribution >= 4 is 50.7 Å². The van der Waals surface area contributed by atoms with Gasteiger partial charge in [-0.15, -0.1) is 23.1 Å². The van der Waals surface area contributed by atoms with E-state index in [4.69, 9.17) is 17.3 Å². The predicted octanol–water partition coefficient (Wildman–Crippen LogP) is 4.15. The van der Waals surface area contributed by atoms with Crippen molar-refractivity contribution in [2.75, 3.05) is 0 Å². The highest BCUT2D eigenvalue weighted by Crippen LogP contribution is 2.42. The number of carbonyl (C=O) groups excluding carboxylic acids is 1. The molecule has 17 heavy (non-hydrogen) atoms. The number of thiophene rings is 1. The second kappa shape index (κ2) is 4.88. The summed E-state index contributed by atoms with van der Waals surface area (Å²) in [6.07, 6.45) is 0. The summed E-state index contributed by atoms with van der Waals surface area (Å²) in [4.78, 5) is 13.0. The maximum Gasteiger partial charge on any atom is 0.259 e. The number of halogens is 1. The molecule has 1 aromatic carbocycles. The first-order valence-electron chi connectivity index (χ1n) is 5.18. The molecule has 1 aromatic heterocycles. The van der Waals surface area contributed by atoms with E-state index in [9.17, 15) is 4.79 Å². The molecule has 0 saturated carbocycles. The van der Waals surface area contributed by atoms with E-state index in [-0.39, 0.29) is 5.91 Å². The number of benzene rings is 1. The van der Waals surface area contributed by atoms with E-state index in [1.165, 1.54) is 11.3 Å². The van der Waals surface area contributed by atoms with Crippen LogP contribution in [0.2, 0.25) is 5.02 Å². The molecule has 0 spiro atoms. The first kappa shape index (κ1) is 12.7. The van der Waals surface area contributed by atoms with Gasteiger partial charge in [-0.2, -0.15) is 0 Å². The minimum atomic E-state index is -0.384. The SMILES string of the molecule is CC(C)Sc1c(C(N)=O)sc2cccc(Cl)c12. The lowest BCUT2D eigenvalue weighted by Crippen LogP contribution is -2.10. The quantitative estimate of drug-likeness (QED) is 0.861. The van der Waals surface area contributed by atoms with Crippen molar-refractivity contribution in [1.82, 2.24) is 0 Å². The molecule has 1 amide bonds. The zero-order valence-electron chi connectivity index (χ0n) is 9.49. The van der Waals surface area contributed by atoms with Gasteiger partial charge >= 0.3 is 0 Å². The minimum absolute atomic E-state index is 0.377. The zero-order valence-corrected chi connectivity index (χ0v) is 11.9. The highest BCUT2D eigenvalue weighted by Gasteiger charge is 2.19. The van der Waals surface area contributed by atoms with Gasteiger partial charge in [-0.1, -0.05) is 31.5 Å². The largest absolute Gasteiger partial charge is 0.365 e. The van der Waals surface area contributed by atoms with Crippen LogP contribution in [0.15, 0.2) is 23.1 Å². The maximum absolute atomic E-state index is 11.5. The van der Waals surface area contributed by atoms with Gasteiger partial charge in [0, 0.05) is 20.2 Å². The van der Waals surface area contributed by atoms with Crippen molar-refractivity contribution in [2.45, 2.75) is 24.0 Å². The van der Waals surface area contributed by atoms with Gasteiger partial charge in [-0.3, -0.25) is 4.79 Å². The van der Waals surface area contributed by atoms with Gasteiger partial charge in [0.05, 0.1) is 5.02 Å². The summed E-state index contributed by atoms with van der Waals surface area (Å²) in [6, 6.07) is 5.68. The molecule has 0 bridgehead atoms. The number of amides is 1. The van der Waals surface area contributed by atoms with Gasteiger partial charge in [0.1, 0.15) is 4.88 Å². The lowest BCUT2D eigenvalue weighted by molar-refractivity contribution is 0.100. The Morgan fingerprint density at radius 2 is 2.18 bits per heavy atom. The molecule has 0 aliphatic carbocycles. The first-order valence-corrected chi connectivity index (χ1v) is 7.25. The Balaban J connectivity index is 2.73. The number of rotatable bonds is 3. The molecule has 2 rings (SSSR count). The highest BCUT2D eigenvalue weighted by atomic mass is 35.5. The Morgan fingerprint density at radius 3 is 2.76 bits per heavy atom. The summed E-state index contributed by atoms with van der Waals surface area (Å²) in [5, 5.41) is 2.00. The van der Waals surface area contributed by atoms with Crippen molar-refractivity contribution in [3.05, 3.63) is 28.1 Å². The summed E-state index contributed by atoms with van der Waals surface area (Å²) in [5.41, 5.74) is 5.42. The molecule has 0 aliphatic rings. The normalized spacial score (nSPS) is 11.3. The third kappa shape index (κ3) is 2.44. The number of hydrogen-bond donors (Lipinski definition) is 1. The Hall–Kier alpha value is -0.710. The fourth-order valence-electron chi connectivity index (χ4n) is 1.59. The molecule has 0 saturated heterocycles. The van der Waals surface area contributed by atoms with E-state index in [1.807, 2.05) is 18.2 Å². The molecule has 90 valence electrons. The van der Waals surface area contributed by atoms with E-state index >= 15 is 0 Å². The second-order valence-corrected chi connectivity index (χ2v) is 6.95. The minimum Gasteiger partial charge on any atom is -0.365 e. The number of nitrogens with two attached hydrogens (primary N) is 1. The van der Waals surface area contributed by atoms with Gasteiger partial charge in [0.2, 0.25) is 0 Å². The van der Waals surface area contributed by atoms with Gasteiger partial charge < -0.3 is 5.73 Å². The number of hydrogen-bond acceptors (Lipinski definition) is 3. The van der Waals surface area contributed by atoms with Crippen molar-refractivity contribution in [3.8, 4) is 0 Å². The average Bonchev–Trinajstić information content (AvgIpc) is 2.57. The first-order chi connectivity index (χ1) is 8.00. The van der Waals surface area contributed by atoms with Crippen molar-refractivity contribution < 1.29 is 4.79 Å². The summed E-state index contributed by atoms with van der Waals surface area (Å²) in [7, 11) is 0. The van der Waals surface area contributed by atoms with Crippen molar-refractivity contribution in [2.24, 2.45) is 5.73 Å². The fourth-order valence-corrected chi connectivity index (χ4v) is 4.30. The monoisotopic (exact) mass is 285 g/mol. The Labute approximate surface area is 113 Å². The molecule has 0 fully saturated rings. The van der Waals surface area contributed by atoms with E-state index in [2.05, 4.69) is 13.8 Å². The second-order valence-electron chi connectivity index (χ2n) is 3.90. The Kier molecular flexibility index (Phi) is 3.66. The van der Waals surface area contributed by atoms with E-state index in [1.54, 1.807) is 11.8 Å². The van der Waals surface area contributed by atoms with Crippen molar-refractivity contribution in [3.63, 3.8) is 0 Å². The highest BCUT2D eigenvalue weighted by molar-refractivity contribution is 8.00. The van der Waals surface area contributed by atoms with Crippen LogP contribution in [-0.4, -0.2) is 11.2 Å². The number of primary amides is 1. The molecular weight excluding hydrogens is 274 g/mol. The molecule has 2 aromatic rings. The predicted molar refractivity (Wildman–Crippen MR) is 76.3 cm³/mol. The van der Waals surface area contributed by atoms with Crippen LogP contribution >= 0.6 is 34.7 Å². The van der Waals surface area contributed by atoms with Crippen LogP contribution in [0, 0.1) is 0 Å². The van der Waals surface area contributed by atoms with E-state index in [0.29, 0.717) is 15.1 Å². The standard InChI is InChI=1S/C12H12ClNOS2/c1-6(2)16-10-9-7(13)4-3-5-8(9)17-11(10)12(14)15/h3-6H,1-2H3,(H2,14,15). The fraction of sp³-hybridized carbons (Fsp3) is 0.250. The molecule has 0 radical (unpaired) electrons. The summed E-state index contributed by atoms with van der Waals surface area (Å²) in [6.45, 7) is 4.16. The van der Waals surface area contributed by atoms with Gasteiger partial charge in [0.15, 0.2) is 0 Å². The van der Waals surface area contributed by atoms with E-state index < -0.39 is 0 Å². The molecule has 1 heterocycles. The number of carbonyl (C=O) groups is 1. The summed E-state index contributed by atoms with van der Waals surface area (Å²) in [5.74, 6) is -0.384. The molecule has 0 unspecified atom stereocenters. The Bertz CT molecular complexity index is 577. The van der Waals surface area contributed by atoms with Crippen LogP contribution in [0.1, 0.15) is 23.5 Å². The smallest absolute Gasteiger partial charge is 0.259 e. The number of thioether (sulfide) groups is 1. The molecule has 5 heteroatoms. The van der Waals surface area contributed by atoms with Crippen LogP contribution in [0.3, 0.4) is 0 Å². The average molecular weight is 286 g/mol. The lowest BCUT2D eigenvalue weighted by Gasteiger charge is -2.06. The zero-order chi connectivity index (χ0) is 12.6. The third-order valence-corrected chi connectivity index (χ3v) is 4.93. The Morgan fingerprint density at radius 1 is 1.47 bits per heavy atom. The summed E-state index contributed by atoms with van der Waals surface area (Å²) < 4.78 is 1.01. The molecule has 2 nitrogen and oxygen atoms in total. The molecule has 2 N–H and O–H groups in total. The molecular formula is C12H12ClNOS2. The van der Waals surface area contributed by atoms with Crippen LogP contribution in [-0.2, 0) is 0 Å². The molecule has 0 aliphatic heterocycles. The van der Waals surface area contributed by atoms with Crippen molar-refractivity contribution in [1.29, 1.82) is 0 Å². The maximum atomic E-state index is 11.5. The van der Waals surface area contributed by atoms with E-state index in [0.717, 1.165) is 15.0 Å². The van der Waals surface area contributed by atoms with Crippen LogP contribution in [0.4, 0.5) is 0 Å². The van der Waals surface area contributed by atoms with Crippen LogP contribution in [0.5, 0.6) is 0 Å². The third-order valence-electron chi connectivity index (χ3n) is 2.20. The summed E-state index contributed by atoms with van der Waals surface area (Å²) >= 11 is 9.24.